The van der Waals surface area contributed by atoms with E-state index in [0.717, 1.165) is 43.4 Å². The van der Waals surface area contributed by atoms with Crippen LogP contribution in [0.25, 0.3) is 0 Å². The number of ketones is 1. The molecule has 0 aromatic carbocycles. The van der Waals surface area contributed by atoms with Crippen molar-refractivity contribution in [3.63, 3.8) is 0 Å². The Morgan fingerprint density at radius 2 is 1.76 bits per heavy atom. The number of hydrogen-bond acceptors (Lipinski definition) is 10. The molecule has 8 aliphatic rings. The quantitative estimate of drug-likeness (QED) is 0.189. The molecule has 1 aromatic heterocycles. The average Bonchev–Trinajstić information content (AvgIpc) is 3.62. The molecule has 4 saturated heterocycles. The molecule has 4 aliphatic carbocycles. The van der Waals surface area contributed by atoms with Crippen molar-refractivity contribution in [1.82, 2.24) is 0 Å². The number of furan rings is 1. The van der Waals surface area contributed by atoms with Crippen LogP contribution in [0.5, 0.6) is 0 Å². The van der Waals surface area contributed by atoms with Gasteiger partial charge in [-0.2, -0.15) is 0 Å². The van der Waals surface area contributed by atoms with Crippen molar-refractivity contribution in [1.29, 1.82) is 0 Å². The molecule has 2 bridgehead atoms. The number of ether oxygens (including phenoxy) is 4. The van der Waals surface area contributed by atoms with Crippen molar-refractivity contribution in [2.45, 2.75) is 121 Å². The molecule has 2 N–H and O–H groups in total. The van der Waals surface area contributed by atoms with Gasteiger partial charge in [0.25, 0.3) is 0 Å². The summed E-state index contributed by atoms with van der Waals surface area (Å²) in [4.78, 5) is 41.3. The summed E-state index contributed by atoms with van der Waals surface area (Å²) in [6, 6.07) is 1.88. The Balaban J connectivity index is 1.23. The van der Waals surface area contributed by atoms with Crippen LogP contribution in [-0.2, 0) is 39.8 Å². The number of aryl methyl sites for hydroxylation is 1. The highest BCUT2D eigenvalue weighted by Crippen LogP contribution is 2.84. The maximum absolute atomic E-state index is 14.9. The Bertz CT molecular complexity index is 1480. The van der Waals surface area contributed by atoms with Crippen molar-refractivity contribution in [3.8, 4) is 0 Å². The van der Waals surface area contributed by atoms with Gasteiger partial charge in [0.2, 0.25) is 0 Å². The van der Waals surface area contributed by atoms with E-state index >= 15 is 0 Å². The van der Waals surface area contributed by atoms with E-state index in [9.17, 15) is 19.5 Å². The zero-order chi connectivity index (χ0) is 31.6. The molecule has 2 saturated carbocycles. The molecular formula is C35H44O10. The fourth-order valence-corrected chi connectivity index (χ4v) is 11.8. The summed E-state index contributed by atoms with van der Waals surface area (Å²) in [5.74, 6) is -0.730. The van der Waals surface area contributed by atoms with E-state index in [1.807, 2.05) is 32.1 Å². The van der Waals surface area contributed by atoms with E-state index in [2.05, 4.69) is 6.92 Å². The molecule has 5 heterocycles. The molecular weight excluding hydrogens is 580 g/mol. The minimum atomic E-state index is -1.42. The smallest absolute Gasteiger partial charge is 0.339 e. The second kappa shape index (κ2) is 9.52. The average molecular weight is 625 g/mol. The van der Waals surface area contributed by atoms with Gasteiger partial charge in [0.05, 0.1) is 35.2 Å². The van der Waals surface area contributed by atoms with Crippen LogP contribution in [0.2, 0.25) is 0 Å². The first-order chi connectivity index (χ1) is 21.5. The second-order valence-corrected chi connectivity index (χ2v) is 15.3. The van der Waals surface area contributed by atoms with Gasteiger partial charge in [-0.3, -0.25) is 9.59 Å². The zero-order valence-electron chi connectivity index (χ0n) is 26.3. The fraction of sp³-hybridized carbons (Fsp3) is 0.743. The maximum atomic E-state index is 14.9. The molecule has 10 unspecified atom stereocenters. The van der Waals surface area contributed by atoms with Crippen molar-refractivity contribution in [2.24, 2.45) is 27.6 Å². The molecule has 6 fully saturated rings. The number of hydrogen-bond donors (Lipinski definition) is 2. The number of unbranched alkanes of at least 4 members (excludes halogenated alkanes) is 4. The summed E-state index contributed by atoms with van der Waals surface area (Å²) in [6.07, 6.45) is 8.98. The third-order valence-corrected chi connectivity index (χ3v) is 13.5. The number of aliphatic hydroxyl groups is 2. The standard InChI is InChI=1S/C35H44O10/c1-30(2)34-14-9-13-32(25(38)26(34)39)22(33(34)19-42-24(37)18-23(33)44-30)11-15-31(3)27(43-29(40)28-35(31,32)45-28)20-12-17-41-21(20)10-7-5-4-6-8-16-36/h9,12,14,17,22-23,25,27-28,36,38H,4-8,10-11,13,15-16,18-19H2,1-3H3. The minimum absolute atomic E-state index is 0.0185. The highest BCUT2D eigenvalue weighted by atomic mass is 16.7. The van der Waals surface area contributed by atoms with Crippen molar-refractivity contribution >= 4 is 17.7 Å². The molecule has 4 spiro atoms. The van der Waals surface area contributed by atoms with Gasteiger partial charge in [-0.1, -0.05) is 38.3 Å². The number of allylic oxidation sites excluding steroid dienone is 1. The third-order valence-electron chi connectivity index (χ3n) is 13.5. The second-order valence-electron chi connectivity index (χ2n) is 15.3. The van der Waals surface area contributed by atoms with E-state index in [1.54, 1.807) is 6.26 Å². The number of carbonyl (C=O) groups excluding carboxylic acids is 3. The van der Waals surface area contributed by atoms with Crippen LogP contribution in [-0.4, -0.2) is 70.7 Å². The monoisotopic (exact) mass is 624 g/mol. The number of carbonyl (C=O) groups is 3. The Morgan fingerprint density at radius 3 is 2.56 bits per heavy atom. The molecule has 1 aromatic rings. The van der Waals surface area contributed by atoms with Crippen LogP contribution in [0.15, 0.2) is 28.9 Å². The van der Waals surface area contributed by atoms with Crippen molar-refractivity contribution < 1.29 is 48.0 Å². The van der Waals surface area contributed by atoms with Crippen molar-refractivity contribution in [3.05, 3.63) is 35.8 Å². The SMILES string of the molecule is CC1(C)OC2CC(=O)OCC23C2CCC4(C)C(c5ccoc5CCCCCCCO)OC(=O)C5OC54C24CC=CC13C(=O)C4O. The first-order valence-corrected chi connectivity index (χ1v) is 16.8. The summed E-state index contributed by atoms with van der Waals surface area (Å²) in [5, 5.41) is 21.5. The van der Waals surface area contributed by atoms with Crippen LogP contribution in [0.4, 0.5) is 0 Å². The number of rotatable bonds is 8. The number of aliphatic hydroxyl groups excluding tert-OH is 2. The van der Waals surface area contributed by atoms with E-state index in [4.69, 9.17) is 28.5 Å². The summed E-state index contributed by atoms with van der Waals surface area (Å²) in [7, 11) is 0. The van der Waals surface area contributed by atoms with Gasteiger partial charge < -0.3 is 33.6 Å². The van der Waals surface area contributed by atoms with Gasteiger partial charge >= 0.3 is 11.9 Å². The van der Waals surface area contributed by atoms with Crippen LogP contribution < -0.4 is 0 Å². The number of cyclic esters (lactones) is 2. The Labute approximate surface area is 262 Å². The molecule has 0 radical (unpaired) electrons. The molecule has 9 rings (SSSR count). The van der Waals surface area contributed by atoms with E-state index in [-0.39, 0.29) is 37.3 Å². The Kier molecular flexibility index (Phi) is 6.31. The lowest BCUT2D eigenvalue weighted by molar-refractivity contribution is -0.262. The van der Waals surface area contributed by atoms with E-state index < -0.39 is 63.2 Å². The van der Waals surface area contributed by atoms with Crippen molar-refractivity contribution in [2.75, 3.05) is 13.2 Å². The molecule has 4 aliphatic heterocycles. The van der Waals surface area contributed by atoms with Gasteiger partial charge in [0.15, 0.2) is 11.9 Å². The largest absolute Gasteiger partial charge is 0.469 e. The van der Waals surface area contributed by atoms with Gasteiger partial charge in [0, 0.05) is 29.4 Å². The molecule has 10 nitrogen and oxygen atoms in total. The zero-order valence-corrected chi connectivity index (χ0v) is 26.3. The summed E-state index contributed by atoms with van der Waals surface area (Å²) >= 11 is 0. The van der Waals surface area contributed by atoms with Gasteiger partial charge in [-0.15, -0.1) is 0 Å². The molecule has 244 valence electrons. The topological polar surface area (TPSA) is 145 Å². The lowest BCUT2D eigenvalue weighted by atomic mass is 9.33. The van der Waals surface area contributed by atoms with Crippen LogP contribution >= 0.6 is 0 Å². The van der Waals surface area contributed by atoms with E-state index in [0.29, 0.717) is 25.7 Å². The maximum Gasteiger partial charge on any atom is 0.339 e. The lowest BCUT2D eigenvalue weighted by Crippen LogP contribution is -2.79. The highest BCUT2D eigenvalue weighted by molar-refractivity contribution is 5.97. The number of Topliss-reactive ketones (excluding diaryl/α,β-unsaturated/α-hetero) is 1. The minimum Gasteiger partial charge on any atom is -0.469 e. The van der Waals surface area contributed by atoms with Gasteiger partial charge in [0.1, 0.15) is 30.2 Å². The number of epoxide rings is 1. The first kappa shape index (κ1) is 29.8. The first-order valence-electron chi connectivity index (χ1n) is 16.8. The predicted octanol–water partition coefficient (Wildman–Crippen LogP) is 3.90. The predicted molar refractivity (Wildman–Crippen MR) is 156 cm³/mol. The number of fused-ring (bicyclic) bond motifs is 2. The highest BCUT2D eigenvalue weighted by Gasteiger charge is 2.94. The molecule has 0 amide bonds. The van der Waals surface area contributed by atoms with Gasteiger partial charge in [-0.05, 0) is 57.9 Å². The fourth-order valence-electron chi connectivity index (χ4n) is 11.8. The summed E-state index contributed by atoms with van der Waals surface area (Å²) in [5.41, 5.74) is -5.39. The normalized spacial score (nSPS) is 46.7. The Morgan fingerprint density at radius 1 is 0.978 bits per heavy atom. The third kappa shape index (κ3) is 3.23. The molecule has 10 atom stereocenters. The van der Waals surface area contributed by atoms with Crippen LogP contribution in [0.1, 0.15) is 96.0 Å². The summed E-state index contributed by atoms with van der Waals surface area (Å²) < 4.78 is 31.3. The Hall–Kier alpha value is -2.53. The molecule has 10 heteroatoms. The number of esters is 2. The lowest BCUT2D eigenvalue weighted by Gasteiger charge is -2.68. The van der Waals surface area contributed by atoms with Crippen LogP contribution in [0.3, 0.4) is 0 Å². The molecule has 45 heavy (non-hydrogen) atoms. The van der Waals surface area contributed by atoms with E-state index in [1.165, 1.54) is 0 Å². The van der Waals surface area contributed by atoms with Crippen LogP contribution in [0, 0.1) is 27.6 Å². The summed E-state index contributed by atoms with van der Waals surface area (Å²) in [6.45, 7) is 6.07. The van der Waals surface area contributed by atoms with Gasteiger partial charge in [-0.25, -0.2) is 4.79 Å².